The van der Waals surface area contributed by atoms with E-state index in [-0.39, 0.29) is 17.9 Å². The number of carbonyl (C=O) groups is 1. The number of unbranched alkanes of at least 4 members (excludes halogenated alkanes) is 4. The largest absolute Gasteiger partial charge is 0.465 e. The Balaban J connectivity index is 1.53. The molecule has 0 aliphatic rings. The first-order valence-electron chi connectivity index (χ1n) is 9.30. The highest BCUT2D eigenvalue weighted by atomic mass is 79.9. The summed E-state index contributed by atoms with van der Waals surface area (Å²) in [5.41, 5.74) is 0. The second-order valence-electron chi connectivity index (χ2n) is 6.50. The number of halogens is 4. The molecule has 0 bridgehead atoms. The minimum atomic E-state index is -0.989. The minimum absolute atomic E-state index is 0.190. The fourth-order valence-electron chi connectivity index (χ4n) is 2.61. The Morgan fingerprint density at radius 1 is 0.897 bits per heavy atom. The summed E-state index contributed by atoms with van der Waals surface area (Å²) in [6.45, 7) is 0. The molecular formula is C21H22Br2F2O4. The van der Waals surface area contributed by atoms with Crippen LogP contribution in [0.5, 0.6) is 11.5 Å². The molecule has 0 radical (unpaired) electrons. The molecule has 1 atom stereocenters. The Kier molecular flexibility index (Phi) is 10.0. The van der Waals surface area contributed by atoms with Crippen LogP contribution in [0.3, 0.4) is 0 Å². The van der Waals surface area contributed by atoms with E-state index >= 15 is 0 Å². The normalized spacial score (nSPS) is 11.9. The van der Waals surface area contributed by atoms with Gasteiger partial charge in [0.05, 0.1) is 8.95 Å². The molecule has 0 fully saturated rings. The number of esters is 1. The van der Waals surface area contributed by atoms with E-state index < -0.39 is 23.9 Å². The number of ether oxygens (including phenoxy) is 2. The van der Waals surface area contributed by atoms with E-state index in [0.29, 0.717) is 21.8 Å². The van der Waals surface area contributed by atoms with Crippen molar-refractivity contribution < 1.29 is 28.2 Å². The van der Waals surface area contributed by atoms with Crippen molar-refractivity contribution >= 4 is 37.8 Å². The summed E-state index contributed by atoms with van der Waals surface area (Å²) in [6.07, 6.45) is 3.77. The Bertz CT molecular complexity index is 817. The van der Waals surface area contributed by atoms with Crippen molar-refractivity contribution in [2.45, 2.75) is 51.2 Å². The second-order valence-corrected chi connectivity index (χ2v) is 8.21. The second kappa shape index (κ2) is 12.2. The van der Waals surface area contributed by atoms with Gasteiger partial charge in [0.1, 0.15) is 23.1 Å². The van der Waals surface area contributed by atoms with E-state index in [1.54, 1.807) is 6.07 Å². The molecule has 0 aliphatic heterocycles. The van der Waals surface area contributed by atoms with Gasteiger partial charge in [0.2, 0.25) is 0 Å². The van der Waals surface area contributed by atoms with Crippen molar-refractivity contribution in [3.63, 3.8) is 0 Å². The van der Waals surface area contributed by atoms with Gasteiger partial charge in [-0.2, -0.15) is 0 Å². The molecule has 158 valence electrons. The van der Waals surface area contributed by atoms with Crippen LogP contribution in [-0.4, -0.2) is 17.4 Å². The van der Waals surface area contributed by atoms with E-state index in [2.05, 4.69) is 31.9 Å². The van der Waals surface area contributed by atoms with Gasteiger partial charge in [-0.3, -0.25) is 4.79 Å². The third-order valence-electron chi connectivity index (χ3n) is 4.12. The van der Waals surface area contributed by atoms with Gasteiger partial charge >= 0.3 is 5.97 Å². The van der Waals surface area contributed by atoms with Crippen LogP contribution in [0.25, 0.3) is 0 Å². The lowest BCUT2D eigenvalue weighted by Crippen LogP contribution is -2.15. The summed E-state index contributed by atoms with van der Waals surface area (Å²) in [5, 5.41) is 9.87. The first-order chi connectivity index (χ1) is 13.8. The standard InChI is InChI=1S/C21H22Br2F2O4/c22-16-10-8-14(12-18(16)24)28-20(26)6-4-2-1-3-5-7-21(27)29-15-9-11-17(23)19(25)13-15/h8-13,20,26H,1-7H2. The lowest BCUT2D eigenvalue weighted by Gasteiger charge is -2.13. The van der Waals surface area contributed by atoms with Crippen LogP contribution in [0, 0.1) is 11.6 Å². The smallest absolute Gasteiger partial charge is 0.311 e. The lowest BCUT2D eigenvalue weighted by molar-refractivity contribution is -0.134. The molecular weight excluding hydrogens is 514 g/mol. The van der Waals surface area contributed by atoms with Crippen molar-refractivity contribution in [1.29, 1.82) is 0 Å². The SMILES string of the molecule is O=C(CCCCCCCC(O)Oc1ccc(Br)c(F)c1)Oc1ccc(Br)c(F)c1. The van der Waals surface area contributed by atoms with Crippen LogP contribution in [0.15, 0.2) is 45.3 Å². The van der Waals surface area contributed by atoms with Crippen molar-refractivity contribution in [3.05, 3.63) is 57.0 Å². The maximum Gasteiger partial charge on any atom is 0.311 e. The molecule has 2 aromatic rings. The molecule has 8 heteroatoms. The van der Waals surface area contributed by atoms with Gasteiger partial charge in [0.15, 0.2) is 6.29 Å². The lowest BCUT2D eigenvalue weighted by atomic mass is 10.1. The van der Waals surface area contributed by atoms with Crippen molar-refractivity contribution in [2.24, 2.45) is 0 Å². The molecule has 0 saturated heterocycles. The molecule has 2 aromatic carbocycles. The van der Waals surface area contributed by atoms with Crippen LogP contribution in [0.4, 0.5) is 8.78 Å². The molecule has 0 amide bonds. The van der Waals surface area contributed by atoms with E-state index in [0.717, 1.165) is 31.7 Å². The number of hydrogen-bond acceptors (Lipinski definition) is 4. The number of benzene rings is 2. The molecule has 29 heavy (non-hydrogen) atoms. The van der Waals surface area contributed by atoms with Crippen LogP contribution >= 0.6 is 31.9 Å². The highest BCUT2D eigenvalue weighted by Gasteiger charge is 2.09. The molecule has 0 heterocycles. The van der Waals surface area contributed by atoms with Crippen LogP contribution < -0.4 is 9.47 Å². The molecule has 4 nitrogen and oxygen atoms in total. The van der Waals surface area contributed by atoms with E-state index in [9.17, 15) is 18.7 Å². The highest BCUT2D eigenvalue weighted by molar-refractivity contribution is 9.10. The van der Waals surface area contributed by atoms with E-state index in [1.807, 2.05) is 0 Å². The van der Waals surface area contributed by atoms with Crippen molar-refractivity contribution in [1.82, 2.24) is 0 Å². The average Bonchev–Trinajstić information content (AvgIpc) is 2.67. The summed E-state index contributed by atoms with van der Waals surface area (Å²) in [4.78, 5) is 11.8. The van der Waals surface area contributed by atoms with Gasteiger partial charge in [0.25, 0.3) is 0 Å². The first-order valence-corrected chi connectivity index (χ1v) is 10.9. The van der Waals surface area contributed by atoms with Crippen LogP contribution in [0.1, 0.15) is 44.9 Å². The highest BCUT2D eigenvalue weighted by Crippen LogP contribution is 2.23. The van der Waals surface area contributed by atoms with Crippen LogP contribution in [0.2, 0.25) is 0 Å². The summed E-state index contributed by atoms with van der Waals surface area (Å²) in [5.74, 6) is -0.847. The fourth-order valence-corrected chi connectivity index (χ4v) is 3.10. The zero-order chi connectivity index (χ0) is 21.2. The molecule has 1 N–H and O–H groups in total. The third kappa shape index (κ3) is 8.80. The summed E-state index contributed by atoms with van der Waals surface area (Å²) >= 11 is 6.10. The number of aliphatic hydroxyl groups is 1. The number of rotatable bonds is 11. The average molecular weight is 536 g/mol. The monoisotopic (exact) mass is 534 g/mol. The molecule has 0 saturated carbocycles. The quantitative estimate of drug-likeness (QED) is 0.154. The molecule has 0 aromatic heterocycles. The maximum absolute atomic E-state index is 13.4. The predicted octanol–water partition coefficient (Wildman–Crippen LogP) is 6.52. The topological polar surface area (TPSA) is 55.8 Å². The zero-order valence-electron chi connectivity index (χ0n) is 15.7. The molecule has 1 unspecified atom stereocenters. The van der Waals surface area contributed by atoms with Gasteiger partial charge in [0, 0.05) is 25.0 Å². The predicted molar refractivity (Wildman–Crippen MR) is 113 cm³/mol. The van der Waals surface area contributed by atoms with Crippen molar-refractivity contribution in [3.8, 4) is 11.5 Å². The minimum Gasteiger partial charge on any atom is -0.465 e. The molecule has 0 spiro atoms. The number of hydrogen-bond donors (Lipinski definition) is 1. The van der Waals surface area contributed by atoms with Gasteiger partial charge in [-0.05, 0) is 69.0 Å². The fraction of sp³-hybridized carbons (Fsp3) is 0.381. The number of carbonyl (C=O) groups excluding carboxylic acids is 1. The van der Waals surface area contributed by atoms with Crippen molar-refractivity contribution in [2.75, 3.05) is 0 Å². The Morgan fingerprint density at radius 3 is 2.10 bits per heavy atom. The Hall–Kier alpha value is -1.51. The zero-order valence-corrected chi connectivity index (χ0v) is 18.8. The van der Waals surface area contributed by atoms with Gasteiger partial charge < -0.3 is 14.6 Å². The van der Waals surface area contributed by atoms with Crippen LogP contribution in [-0.2, 0) is 4.79 Å². The van der Waals surface area contributed by atoms with Gasteiger partial charge in [-0.15, -0.1) is 0 Å². The Labute approximate surface area is 185 Å². The van der Waals surface area contributed by atoms with Gasteiger partial charge in [-0.1, -0.05) is 19.3 Å². The molecule has 0 aliphatic carbocycles. The first kappa shape index (κ1) is 23.8. The van der Waals surface area contributed by atoms with E-state index in [1.165, 1.54) is 24.3 Å². The summed E-state index contributed by atoms with van der Waals surface area (Å²) in [6, 6.07) is 8.51. The number of aliphatic hydroxyl groups excluding tert-OH is 1. The Morgan fingerprint density at radius 2 is 1.45 bits per heavy atom. The molecule has 2 rings (SSSR count). The van der Waals surface area contributed by atoms with E-state index in [4.69, 9.17) is 9.47 Å². The maximum atomic E-state index is 13.4. The summed E-state index contributed by atoms with van der Waals surface area (Å²) in [7, 11) is 0. The third-order valence-corrected chi connectivity index (χ3v) is 5.40. The van der Waals surface area contributed by atoms with Gasteiger partial charge in [-0.25, -0.2) is 8.78 Å². The summed E-state index contributed by atoms with van der Waals surface area (Å²) < 4.78 is 37.8.